The molecule has 1 aromatic heterocycles. The molecule has 3 aromatic rings. The second kappa shape index (κ2) is 5.25. The zero-order valence-electron chi connectivity index (χ0n) is 11.5. The molecule has 0 unspecified atom stereocenters. The van der Waals surface area contributed by atoms with Gasteiger partial charge in [-0.3, -0.25) is 9.89 Å². The number of nitrogens with one attached hydrogen (secondary N) is 1. The van der Waals surface area contributed by atoms with Gasteiger partial charge in [0.05, 0.1) is 17.5 Å². The zero-order valence-corrected chi connectivity index (χ0v) is 11.5. The molecule has 4 heteroatoms. The first-order valence-electron chi connectivity index (χ1n) is 6.60. The third-order valence-corrected chi connectivity index (χ3v) is 3.34. The van der Waals surface area contributed by atoms with Gasteiger partial charge in [-0.1, -0.05) is 42.0 Å². The molecule has 0 bridgehead atoms. The number of nitrogens with zero attached hydrogens (tertiary/aromatic N) is 1. The van der Waals surface area contributed by atoms with Crippen molar-refractivity contribution in [3.63, 3.8) is 0 Å². The van der Waals surface area contributed by atoms with E-state index >= 15 is 0 Å². The molecule has 104 valence electrons. The van der Waals surface area contributed by atoms with Crippen LogP contribution in [-0.4, -0.2) is 21.1 Å². The van der Waals surface area contributed by atoms with Crippen molar-refractivity contribution < 1.29 is 9.90 Å². The Balaban J connectivity index is 2.10. The number of phenolic OH excluding ortho intramolecular Hbond substituents is 1. The van der Waals surface area contributed by atoms with Crippen LogP contribution in [0.1, 0.15) is 21.5 Å². The Bertz CT molecular complexity index is 792. The lowest BCUT2D eigenvalue weighted by Gasteiger charge is -2.06. The van der Waals surface area contributed by atoms with Gasteiger partial charge in [-0.15, -0.1) is 0 Å². The molecule has 21 heavy (non-hydrogen) atoms. The third kappa shape index (κ3) is 2.43. The maximum Gasteiger partial charge on any atom is 0.196 e. The maximum absolute atomic E-state index is 12.6. The average molecular weight is 278 g/mol. The van der Waals surface area contributed by atoms with E-state index in [1.807, 2.05) is 37.3 Å². The summed E-state index contributed by atoms with van der Waals surface area (Å²) in [7, 11) is 0. The lowest BCUT2D eigenvalue weighted by Crippen LogP contribution is -2.01. The fourth-order valence-corrected chi connectivity index (χ4v) is 2.26. The van der Waals surface area contributed by atoms with Crippen LogP contribution in [0.5, 0.6) is 5.75 Å². The fraction of sp³-hybridized carbons (Fsp3) is 0.0588. The number of benzene rings is 2. The summed E-state index contributed by atoms with van der Waals surface area (Å²) in [5, 5.41) is 16.8. The van der Waals surface area contributed by atoms with Crippen LogP contribution in [0.15, 0.2) is 54.7 Å². The number of carbonyl (C=O) groups excluding carboxylic acids is 1. The standard InChI is InChI=1S/C17H14N2O2/c1-11-7-8-15(20)13(9-11)16-14(10-18-19-16)17(21)12-5-3-2-4-6-12/h2-10,20H,1H3,(H,18,19). The molecule has 4 nitrogen and oxygen atoms in total. The molecule has 0 radical (unpaired) electrons. The van der Waals surface area contributed by atoms with E-state index < -0.39 is 0 Å². The van der Waals surface area contributed by atoms with Crippen molar-refractivity contribution in [2.45, 2.75) is 6.92 Å². The minimum Gasteiger partial charge on any atom is -0.507 e. The topological polar surface area (TPSA) is 66.0 Å². The van der Waals surface area contributed by atoms with Gasteiger partial charge < -0.3 is 5.11 Å². The largest absolute Gasteiger partial charge is 0.507 e. The van der Waals surface area contributed by atoms with E-state index in [9.17, 15) is 9.90 Å². The van der Waals surface area contributed by atoms with Crippen LogP contribution in [0.3, 0.4) is 0 Å². The van der Waals surface area contributed by atoms with Crippen molar-refractivity contribution in [2.75, 3.05) is 0 Å². The fourth-order valence-electron chi connectivity index (χ4n) is 2.26. The van der Waals surface area contributed by atoms with Crippen LogP contribution < -0.4 is 0 Å². The van der Waals surface area contributed by atoms with Crippen molar-refractivity contribution in [2.24, 2.45) is 0 Å². The number of hydrogen-bond donors (Lipinski definition) is 2. The number of aromatic nitrogens is 2. The first kappa shape index (κ1) is 13.1. The third-order valence-electron chi connectivity index (χ3n) is 3.34. The van der Waals surface area contributed by atoms with Gasteiger partial charge in [-0.2, -0.15) is 5.10 Å². The molecule has 1 heterocycles. The molecule has 3 rings (SSSR count). The van der Waals surface area contributed by atoms with Crippen LogP contribution in [0.25, 0.3) is 11.3 Å². The zero-order chi connectivity index (χ0) is 14.8. The molecule has 0 spiro atoms. The Morgan fingerprint density at radius 3 is 2.67 bits per heavy atom. The first-order chi connectivity index (χ1) is 10.2. The SMILES string of the molecule is Cc1ccc(O)c(-c2[nH]ncc2C(=O)c2ccccc2)c1. The highest BCUT2D eigenvalue weighted by atomic mass is 16.3. The van der Waals surface area contributed by atoms with Crippen LogP contribution in [0.2, 0.25) is 0 Å². The molecule has 0 atom stereocenters. The number of hydrogen-bond acceptors (Lipinski definition) is 3. The number of phenols is 1. The van der Waals surface area contributed by atoms with E-state index in [1.165, 1.54) is 6.20 Å². The molecule has 0 saturated heterocycles. The summed E-state index contributed by atoms with van der Waals surface area (Å²) < 4.78 is 0. The predicted molar refractivity (Wildman–Crippen MR) is 80.3 cm³/mol. The maximum atomic E-state index is 12.6. The highest BCUT2D eigenvalue weighted by molar-refractivity contribution is 6.12. The molecular formula is C17H14N2O2. The van der Waals surface area contributed by atoms with E-state index in [-0.39, 0.29) is 11.5 Å². The minimum absolute atomic E-state index is 0.118. The van der Waals surface area contributed by atoms with Crippen molar-refractivity contribution >= 4 is 5.78 Å². The van der Waals surface area contributed by atoms with E-state index in [4.69, 9.17) is 0 Å². The van der Waals surface area contributed by atoms with Crippen LogP contribution >= 0.6 is 0 Å². The summed E-state index contributed by atoms with van der Waals surface area (Å²) in [4.78, 5) is 12.6. The van der Waals surface area contributed by atoms with Crippen LogP contribution in [0.4, 0.5) is 0 Å². The quantitative estimate of drug-likeness (QED) is 0.722. The molecule has 2 N–H and O–H groups in total. The van der Waals surface area contributed by atoms with Crippen molar-refractivity contribution in [1.82, 2.24) is 10.2 Å². The van der Waals surface area contributed by atoms with Crippen molar-refractivity contribution in [1.29, 1.82) is 0 Å². The number of rotatable bonds is 3. The van der Waals surface area contributed by atoms with Crippen molar-refractivity contribution in [3.8, 4) is 17.0 Å². The van der Waals surface area contributed by atoms with Gasteiger partial charge in [0.25, 0.3) is 0 Å². The number of aryl methyl sites for hydroxylation is 1. The summed E-state index contributed by atoms with van der Waals surface area (Å²) in [6, 6.07) is 14.3. The Hall–Kier alpha value is -2.88. The van der Waals surface area contributed by atoms with Gasteiger partial charge in [0.2, 0.25) is 0 Å². The second-order valence-electron chi connectivity index (χ2n) is 4.87. The normalized spacial score (nSPS) is 10.5. The van der Waals surface area contributed by atoms with Gasteiger partial charge in [0.1, 0.15) is 5.75 Å². The number of aromatic amines is 1. The lowest BCUT2D eigenvalue weighted by atomic mass is 9.99. The first-order valence-corrected chi connectivity index (χ1v) is 6.60. The highest BCUT2D eigenvalue weighted by Crippen LogP contribution is 2.31. The van der Waals surface area contributed by atoms with Crippen LogP contribution in [0, 0.1) is 6.92 Å². The van der Waals surface area contributed by atoms with E-state index in [0.29, 0.717) is 22.4 Å². The summed E-state index contributed by atoms with van der Waals surface area (Å²) >= 11 is 0. The number of ketones is 1. The van der Waals surface area contributed by atoms with Crippen LogP contribution in [-0.2, 0) is 0 Å². The van der Waals surface area contributed by atoms with Gasteiger partial charge in [0, 0.05) is 11.1 Å². The molecular weight excluding hydrogens is 264 g/mol. The Morgan fingerprint density at radius 2 is 1.90 bits per heavy atom. The smallest absolute Gasteiger partial charge is 0.196 e. The van der Waals surface area contributed by atoms with Gasteiger partial charge in [0.15, 0.2) is 5.78 Å². The molecule has 0 saturated carbocycles. The number of carbonyl (C=O) groups is 1. The summed E-state index contributed by atoms with van der Waals surface area (Å²) in [5.41, 5.74) is 3.14. The Kier molecular flexibility index (Phi) is 3.28. The molecule has 0 amide bonds. The molecule has 0 aliphatic carbocycles. The Labute approximate surface area is 122 Å². The van der Waals surface area contributed by atoms with E-state index in [1.54, 1.807) is 18.2 Å². The van der Waals surface area contributed by atoms with Gasteiger partial charge in [-0.05, 0) is 19.1 Å². The predicted octanol–water partition coefficient (Wildman–Crippen LogP) is 3.32. The molecule has 0 aliphatic heterocycles. The van der Waals surface area contributed by atoms with Crippen molar-refractivity contribution in [3.05, 3.63) is 71.4 Å². The van der Waals surface area contributed by atoms with E-state index in [0.717, 1.165) is 5.56 Å². The highest BCUT2D eigenvalue weighted by Gasteiger charge is 2.18. The Morgan fingerprint density at radius 1 is 1.14 bits per heavy atom. The summed E-state index contributed by atoms with van der Waals surface area (Å²) in [6.07, 6.45) is 1.49. The summed E-state index contributed by atoms with van der Waals surface area (Å²) in [5.74, 6) is -0.00721. The minimum atomic E-state index is -0.125. The number of H-pyrrole nitrogens is 1. The summed E-state index contributed by atoms with van der Waals surface area (Å²) in [6.45, 7) is 1.93. The average Bonchev–Trinajstić information content (AvgIpc) is 2.99. The monoisotopic (exact) mass is 278 g/mol. The van der Waals surface area contributed by atoms with Gasteiger partial charge >= 0.3 is 0 Å². The molecule has 2 aromatic carbocycles. The second-order valence-corrected chi connectivity index (χ2v) is 4.87. The number of aromatic hydroxyl groups is 1. The molecule has 0 aliphatic rings. The lowest BCUT2D eigenvalue weighted by molar-refractivity contribution is 0.103. The van der Waals surface area contributed by atoms with Gasteiger partial charge in [-0.25, -0.2) is 0 Å². The van der Waals surface area contributed by atoms with E-state index in [2.05, 4.69) is 10.2 Å². The molecule has 0 fully saturated rings.